The third-order valence-corrected chi connectivity index (χ3v) is 3.52. The van der Waals surface area contributed by atoms with Gasteiger partial charge < -0.3 is 20.1 Å². The third kappa shape index (κ3) is 2.40. The number of carbonyl (C=O) groups is 1. The summed E-state index contributed by atoms with van der Waals surface area (Å²) < 4.78 is 34.4. The van der Waals surface area contributed by atoms with Crippen molar-refractivity contribution in [2.24, 2.45) is 11.8 Å². The van der Waals surface area contributed by atoms with E-state index < -0.39 is 6.29 Å². The normalized spacial score (nSPS) is 26.6. The smallest absolute Gasteiger partial charge is 0.395 e. The van der Waals surface area contributed by atoms with Crippen molar-refractivity contribution in [3.05, 3.63) is 18.2 Å². The number of nitrogens with one attached hydrogen (secondary N) is 2. The van der Waals surface area contributed by atoms with E-state index in [4.69, 9.17) is 0 Å². The van der Waals surface area contributed by atoms with E-state index in [0.29, 0.717) is 12.2 Å². The van der Waals surface area contributed by atoms with Gasteiger partial charge in [-0.15, -0.1) is 8.78 Å². The number of anilines is 1. The fourth-order valence-corrected chi connectivity index (χ4v) is 2.42. The molecule has 1 aromatic carbocycles. The first-order chi connectivity index (χ1) is 9.44. The van der Waals surface area contributed by atoms with Gasteiger partial charge in [0.2, 0.25) is 5.91 Å². The number of rotatable bonds is 2. The number of hydrogen-bond donors (Lipinski definition) is 2. The third-order valence-electron chi connectivity index (χ3n) is 3.52. The van der Waals surface area contributed by atoms with Crippen LogP contribution in [0.5, 0.6) is 11.5 Å². The van der Waals surface area contributed by atoms with Crippen LogP contribution in [0.2, 0.25) is 0 Å². The Morgan fingerprint density at radius 1 is 1.35 bits per heavy atom. The van der Waals surface area contributed by atoms with Gasteiger partial charge in [0.15, 0.2) is 11.5 Å². The standard InChI is InChI=1S/C13H14F2N2O3/c1-7-5-16-6-9(7)12(18)17-8-2-3-10-11(4-8)20-13(14,15)19-10/h2-4,7,9,16H,5-6H2,1H3,(H,17,18). The largest absolute Gasteiger partial charge is 0.586 e. The minimum absolute atomic E-state index is 0.0381. The van der Waals surface area contributed by atoms with Crippen molar-refractivity contribution in [2.75, 3.05) is 18.4 Å². The molecule has 2 atom stereocenters. The summed E-state index contributed by atoms with van der Waals surface area (Å²) in [5.74, 6) is -0.127. The number of halogens is 2. The summed E-state index contributed by atoms with van der Waals surface area (Å²) in [5, 5.41) is 5.85. The summed E-state index contributed by atoms with van der Waals surface area (Å²) in [4.78, 5) is 12.1. The molecule has 0 radical (unpaired) electrons. The highest BCUT2D eigenvalue weighted by Crippen LogP contribution is 2.42. The highest BCUT2D eigenvalue weighted by Gasteiger charge is 2.43. The van der Waals surface area contributed by atoms with Crippen LogP contribution in [0.4, 0.5) is 14.5 Å². The number of benzene rings is 1. The van der Waals surface area contributed by atoms with Crippen LogP contribution in [-0.2, 0) is 4.79 Å². The summed E-state index contributed by atoms with van der Waals surface area (Å²) in [7, 11) is 0. The van der Waals surface area contributed by atoms with Gasteiger partial charge >= 0.3 is 6.29 Å². The Morgan fingerprint density at radius 3 is 2.80 bits per heavy atom. The minimum Gasteiger partial charge on any atom is -0.395 e. The Morgan fingerprint density at radius 2 is 2.10 bits per heavy atom. The molecule has 0 saturated carbocycles. The minimum atomic E-state index is -3.64. The molecule has 0 spiro atoms. The van der Waals surface area contributed by atoms with Crippen LogP contribution in [-0.4, -0.2) is 25.3 Å². The van der Waals surface area contributed by atoms with Crippen molar-refractivity contribution < 1.29 is 23.0 Å². The SMILES string of the molecule is CC1CNCC1C(=O)Nc1ccc2c(c1)OC(F)(F)O2. The van der Waals surface area contributed by atoms with Crippen molar-refractivity contribution in [2.45, 2.75) is 13.2 Å². The van der Waals surface area contributed by atoms with Gasteiger partial charge in [-0.3, -0.25) is 4.79 Å². The molecule has 1 fully saturated rings. The van der Waals surface area contributed by atoms with E-state index in [0.717, 1.165) is 6.54 Å². The molecule has 0 aromatic heterocycles. The van der Waals surface area contributed by atoms with E-state index in [1.165, 1.54) is 18.2 Å². The van der Waals surface area contributed by atoms with Gasteiger partial charge in [-0.05, 0) is 24.6 Å². The van der Waals surface area contributed by atoms with Gasteiger partial charge in [0, 0.05) is 18.3 Å². The maximum absolute atomic E-state index is 12.9. The van der Waals surface area contributed by atoms with Crippen LogP contribution in [0.25, 0.3) is 0 Å². The van der Waals surface area contributed by atoms with Gasteiger partial charge in [0.05, 0.1) is 5.92 Å². The van der Waals surface area contributed by atoms with E-state index in [2.05, 4.69) is 20.1 Å². The molecule has 1 amide bonds. The van der Waals surface area contributed by atoms with E-state index in [-0.39, 0.29) is 29.2 Å². The first kappa shape index (κ1) is 13.1. The average molecular weight is 284 g/mol. The molecule has 108 valence electrons. The zero-order valence-corrected chi connectivity index (χ0v) is 10.8. The van der Waals surface area contributed by atoms with E-state index >= 15 is 0 Å². The Balaban J connectivity index is 1.72. The highest BCUT2D eigenvalue weighted by atomic mass is 19.3. The Hall–Kier alpha value is -1.89. The summed E-state index contributed by atoms with van der Waals surface area (Å²) in [6.07, 6.45) is -3.64. The second-order valence-corrected chi connectivity index (χ2v) is 5.06. The number of hydrogen-bond acceptors (Lipinski definition) is 4. The maximum Gasteiger partial charge on any atom is 0.586 e. The second kappa shape index (κ2) is 4.59. The van der Waals surface area contributed by atoms with Crippen LogP contribution >= 0.6 is 0 Å². The number of ether oxygens (including phenoxy) is 2. The first-order valence-corrected chi connectivity index (χ1v) is 6.36. The molecule has 5 nitrogen and oxygen atoms in total. The molecule has 2 aliphatic heterocycles. The summed E-state index contributed by atoms with van der Waals surface area (Å²) in [6.45, 7) is 3.41. The molecule has 2 unspecified atom stereocenters. The van der Waals surface area contributed by atoms with Crippen molar-refractivity contribution in [3.63, 3.8) is 0 Å². The second-order valence-electron chi connectivity index (χ2n) is 5.06. The van der Waals surface area contributed by atoms with Gasteiger partial charge in [0.1, 0.15) is 0 Å². The van der Waals surface area contributed by atoms with Crippen molar-refractivity contribution >= 4 is 11.6 Å². The quantitative estimate of drug-likeness (QED) is 0.869. The van der Waals surface area contributed by atoms with Crippen LogP contribution in [0.15, 0.2) is 18.2 Å². The van der Waals surface area contributed by atoms with Crippen LogP contribution in [0.3, 0.4) is 0 Å². The number of alkyl halides is 2. The monoisotopic (exact) mass is 284 g/mol. The van der Waals surface area contributed by atoms with E-state index in [9.17, 15) is 13.6 Å². The van der Waals surface area contributed by atoms with E-state index in [1.807, 2.05) is 6.92 Å². The molecule has 1 saturated heterocycles. The fraction of sp³-hybridized carbons (Fsp3) is 0.462. The predicted molar refractivity (Wildman–Crippen MR) is 66.8 cm³/mol. The lowest BCUT2D eigenvalue weighted by molar-refractivity contribution is -0.286. The van der Waals surface area contributed by atoms with Crippen LogP contribution in [0.1, 0.15) is 6.92 Å². The molecule has 0 aliphatic carbocycles. The summed E-state index contributed by atoms with van der Waals surface area (Å²) >= 11 is 0. The van der Waals surface area contributed by atoms with Gasteiger partial charge in [0.25, 0.3) is 0 Å². The fourth-order valence-electron chi connectivity index (χ4n) is 2.42. The lowest BCUT2D eigenvalue weighted by Crippen LogP contribution is -2.27. The maximum atomic E-state index is 12.9. The molecule has 7 heteroatoms. The number of fused-ring (bicyclic) bond motifs is 1. The van der Waals surface area contributed by atoms with Crippen LogP contribution in [0, 0.1) is 11.8 Å². The molecule has 2 N–H and O–H groups in total. The molecule has 2 heterocycles. The Kier molecular flexibility index (Phi) is 3.01. The molecule has 2 aliphatic rings. The molecule has 1 aromatic rings. The molecular formula is C13H14F2N2O3. The zero-order chi connectivity index (χ0) is 14.3. The van der Waals surface area contributed by atoms with Gasteiger partial charge in [-0.25, -0.2) is 0 Å². The number of amides is 1. The lowest BCUT2D eigenvalue weighted by Gasteiger charge is -2.14. The summed E-state index contributed by atoms with van der Waals surface area (Å²) in [5.41, 5.74) is 0.411. The zero-order valence-electron chi connectivity index (χ0n) is 10.8. The molecular weight excluding hydrogens is 270 g/mol. The molecule has 3 rings (SSSR count). The lowest BCUT2D eigenvalue weighted by atomic mass is 9.97. The predicted octanol–water partition coefficient (Wildman–Crippen LogP) is 1.80. The first-order valence-electron chi connectivity index (χ1n) is 6.36. The Labute approximate surface area is 114 Å². The highest BCUT2D eigenvalue weighted by molar-refractivity contribution is 5.93. The molecule has 20 heavy (non-hydrogen) atoms. The average Bonchev–Trinajstić information content (AvgIpc) is 2.90. The van der Waals surface area contributed by atoms with Crippen molar-refractivity contribution in [1.82, 2.24) is 5.32 Å². The van der Waals surface area contributed by atoms with Crippen molar-refractivity contribution in [3.8, 4) is 11.5 Å². The number of carbonyl (C=O) groups excluding carboxylic acids is 1. The summed E-state index contributed by atoms with van der Waals surface area (Å²) in [6, 6.07) is 4.19. The van der Waals surface area contributed by atoms with E-state index in [1.54, 1.807) is 0 Å². The van der Waals surface area contributed by atoms with Gasteiger partial charge in [-0.1, -0.05) is 6.92 Å². The Bertz CT molecular complexity index is 550. The van der Waals surface area contributed by atoms with Gasteiger partial charge in [-0.2, -0.15) is 0 Å². The molecule has 0 bridgehead atoms. The van der Waals surface area contributed by atoms with Crippen LogP contribution < -0.4 is 20.1 Å². The van der Waals surface area contributed by atoms with Crippen molar-refractivity contribution in [1.29, 1.82) is 0 Å². The topological polar surface area (TPSA) is 59.6 Å².